The van der Waals surface area contributed by atoms with Crippen molar-refractivity contribution in [2.75, 3.05) is 23.9 Å². The Hall–Kier alpha value is -1.01. The number of aliphatic hydroxyl groups is 1. The van der Waals surface area contributed by atoms with Crippen LogP contribution in [0.25, 0.3) is 0 Å². The van der Waals surface area contributed by atoms with Gasteiger partial charge in [0.25, 0.3) is 0 Å². The molecule has 2 rings (SSSR count). The van der Waals surface area contributed by atoms with Crippen molar-refractivity contribution in [1.82, 2.24) is 9.97 Å². The van der Waals surface area contributed by atoms with Gasteiger partial charge in [0.15, 0.2) is 5.16 Å². The van der Waals surface area contributed by atoms with Gasteiger partial charge in [-0.1, -0.05) is 31.0 Å². The molecule has 1 aliphatic carbocycles. The van der Waals surface area contributed by atoms with E-state index in [4.69, 9.17) is 5.73 Å². The molecule has 100 valence electrons. The summed E-state index contributed by atoms with van der Waals surface area (Å²) in [7, 11) is 0. The summed E-state index contributed by atoms with van der Waals surface area (Å²) in [6.45, 7) is 0.525. The van der Waals surface area contributed by atoms with Gasteiger partial charge in [0.1, 0.15) is 11.6 Å². The van der Waals surface area contributed by atoms with E-state index < -0.39 is 5.60 Å². The number of anilines is 2. The number of aromatic nitrogens is 2. The van der Waals surface area contributed by atoms with Crippen LogP contribution in [0.4, 0.5) is 11.6 Å². The molecule has 0 spiro atoms. The minimum absolute atomic E-state index is 0.451. The molecule has 4 N–H and O–H groups in total. The maximum Gasteiger partial charge on any atom is 0.191 e. The lowest BCUT2D eigenvalue weighted by molar-refractivity contribution is 0.0166. The quantitative estimate of drug-likeness (QED) is 0.571. The standard InChI is InChI=1S/C12H20N4OS/c1-18-11-15-9(13)7-10(16-11)14-8-12(17)5-3-2-4-6-12/h7,17H,2-6,8H2,1H3,(H3,13,14,15,16). The molecule has 0 unspecified atom stereocenters. The molecule has 1 aliphatic rings. The fourth-order valence-corrected chi connectivity index (χ4v) is 2.65. The van der Waals surface area contributed by atoms with Gasteiger partial charge < -0.3 is 16.2 Å². The van der Waals surface area contributed by atoms with E-state index in [2.05, 4.69) is 15.3 Å². The van der Waals surface area contributed by atoms with E-state index in [0.29, 0.717) is 23.3 Å². The molecule has 0 amide bonds. The van der Waals surface area contributed by atoms with Gasteiger partial charge in [-0.15, -0.1) is 0 Å². The normalized spacial score (nSPS) is 18.6. The van der Waals surface area contributed by atoms with Gasteiger partial charge in [-0.2, -0.15) is 0 Å². The number of nitrogen functional groups attached to an aromatic ring is 1. The number of nitrogens with zero attached hydrogens (tertiary/aromatic N) is 2. The van der Waals surface area contributed by atoms with Crippen LogP contribution >= 0.6 is 11.8 Å². The Morgan fingerprint density at radius 2 is 2.11 bits per heavy atom. The average molecular weight is 268 g/mol. The SMILES string of the molecule is CSc1nc(N)cc(NCC2(O)CCCCC2)n1. The highest BCUT2D eigenvalue weighted by atomic mass is 32.2. The van der Waals surface area contributed by atoms with Crippen LogP contribution in [-0.2, 0) is 0 Å². The number of rotatable bonds is 4. The van der Waals surface area contributed by atoms with Gasteiger partial charge in [0.2, 0.25) is 0 Å². The second-order valence-corrected chi connectivity index (χ2v) is 5.58. The number of thioether (sulfide) groups is 1. The maximum atomic E-state index is 10.4. The molecule has 0 atom stereocenters. The van der Waals surface area contributed by atoms with Gasteiger partial charge in [-0.3, -0.25) is 0 Å². The summed E-state index contributed by atoms with van der Waals surface area (Å²) in [4.78, 5) is 8.41. The summed E-state index contributed by atoms with van der Waals surface area (Å²) >= 11 is 1.45. The molecule has 0 aromatic carbocycles. The Kier molecular flexibility index (Phi) is 4.29. The van der Waals surface area contributed by atoms with Crippen LogP contribution in [0.15, 0.2) is 11.2 Å². The first kappa shape index (κ1) is 13.4. The van der Waals surface area contributed by atoms with Crippen LogP contribution < -0.4 is 11.1 Å². The Morgan fingerprint density at radius 3 is 2.78 bits per heavy atom. The number of hydrogen-bond acceptors (Lipinski definition) is 6. The first-order valence-corrected chi connectivity index (χ1v) is 7.49. The third-order valence-corrected chi connectivity index (χ3v) is 3.84. The van der Waals surface area contributed by atoms with E-state index in [1.807, 2.05) is 6.26 Å². The lowest BCUT2D eigenvalue weighted by Crippen LogP contribution is -2.39. The molecule has 5 nitrogen and oxygen atoms in total. The first-order valence-electron chi connectivity index (χ1n) is 6.26. The molecule has 1 saturated carbocycles. The molecule has 1 aromatic rings. The van der Waals surface area contributed by atoms with Gasteiger partial charge in [0.05, 0.1) is 5.60 Å². The van der Waals surface area contributed by atoms with Crippen LogP contribution in [0.3, 0.4) is 0 Å². The van der Waals surface area contributed by atoms with Gasteiger partial charge >= 0.3 is 0 Å². The highest BCUT2D eigenvalue weighted by molar-refractivity contribution is 7.98. The van der Waals surface area contributed by atoms with Crippen LogP contribution in [0.2, 0.25) is 0 Å². The highest BCUT2D eigenvalue weighted by Crippen LogP contribution is 2.28. The van der Waals surface area contributed by atoms with E-state index in [9.17, 15) is 5.11 Å². The van der Waals surface area contributed by atoms with Crippen molar-refractivity contribution in [2.45, 2.75) is 42.9 Å². The predicted octanol–water partition coefficient (Wildman–Crippen LogP) is 1.89. The Morgan fingerprint density at radius 1 is 1.39 bits per heavy atom. The third-order valence-electron chi connectivity index (χ3n) is 3.29. The van der Waals surface area contributed by atoms with E-state index in [-0.39, 0.29) is 0 Å². The summed E-state index contributed by atoms with van der Waals surface area (Å²) in [6.07, 6.45) is 7.04. The predicted molar refractivity (Wildman–Crippen MR) is 74.7 cm³/mol. The molecule has 1 aromatic heterocycles. The van der Waals surface area contributed by atoms with Crippen molar-refractivity contribution < 1.29 is 5.11 Å². The lowest BCUT2D eigenvalue weighted by atomic mass is 9.85. The maximum absolute atomic E-state index is 10.4. The van der Waals surface area contributed by atoms with Crippen molar-refractivity contribution in [3.63, 3.8) is 0 Å². The van der Waals surface area contributed by atoms with Crippen molar-refractivity contribution in [1.29, 1.82) is 0 Å². The molecule has 0 saturated heterocycles. The molecule has 0 aliphatic heterocycles. The van der Waals surface area contributed by atoms with Crippen LogP contribution in [0.1, 0.15) is 32.1 Å². The van der Waals surface area contributed by atoms with Crippen molar-refractivity contribution >= 4 is 23.4 Å². The van der Waals surface area contributed by atoms with E-state index in [1.54, 1.807) is 6.07 Å². The fourth-order valence-electron chi connectivity index (χ4n) is 2.27. The summed E-state index contributed by atoms with van der Waals surface area (Å²) < 4.78 is 0. The Labute approximate surface area is 112 Å². The zero-order valence-corrected chi connectivity index (χ0v) is 11.5. The largest absolute Gasteiger partial charge is 0.388 e. The lowest BCUT2D eigenvalue weighted by Gasteiger charge is -2.32. The molecular weight excluding hydrogens is 248 g/mol. The van der Waals surface area contributed by atoms with E-state index in [0.717, 1.165) is 25.7 Å². The average Bonchev–Trinajstić information content (AvgIpc) is 2.37. The number of nitrogens with two attached hydrogens (primary N) is 1. The molecule has 6 heteroatoms. The summed E-state index contributed by atoms with van der Waals surface area (Å²) in [5.74, 6) is 1.14. The van der Waals surface area contributed by atoms with Crippen LogP contribution in [0, 0.1) is 0 Å². The second kappa shape index (κ2) is 5.75. The van der Waals surface area contributed by atoms with E-state index in [1.165, 1.54) is 18.2 Å². The summed E-state index contributed by atoms with van der Waals surface area (Å²) in [5, 5.41) is 14.2. The Balaban J connectivity index is 1.98. The zero-order valence-electron chi connectivity index (χ0n) is 10.6. The molecule has 18 heavy (non-hydrogen) atoms. The van der Waals surface area contributed by atoms with Gasteiger partial charge in [-0.05, 0) is 19.1 Å². The van der Waals surface area contributed by atoms with Crippen molar-refractivity contribution in [2.24, 2.45) is 0 Å². The highest BCUT2D eigenvalue weighted by Gasteiger charge is 2.28. The van der Waals surface area contributed by atoms with Crippen LogP contribution in [0.5, 0.6) is 0 Å². The van der Waals surface area contributed by atoms with E-state index >= 15 is 0 Å². The van der Waals surface area contributed by atoms with Gasteiger partial charge in [-0.25, -0.2) is 9.97 Å². The topological polar surface area (TPSA) is 84.1 Å². The number of hydrogen-bond donors (Lipinski definition) is 3. The first-order chi connectivity index (χ1) is 8.61. The second-order valence-electron chi connectivity index (χ2n) is 4.80. The summed E-state index contributed by atoms with van der Waals surface area (Å²) in [6, 6.07) is 1.70. The van der Waals surface area contributed by atoms with Crippen LogP contribution in [-0.4, -0.2) is 33.5 Å². The zero-order chi connectivity index (χ0) is 13.0. The fraction of sp³-hybridized carbons (Fsp3) is 0.667. The molecule has 0 radical (unpaired) electrons. The molecule has 0 bridgehead atoms. The third kappa shape index (κ3) is 3.49. The van der Waals surface area contributed by atoms with Gasteiger partial charge in [0, 0.05) is 12.6 Å². The summed E-state index contributed by atoms with van der Waals surface area (Å²) in [5.41, 5.74) is 5.11. The smallest absolute Gasteiger partial charge is 0.191 e. The Bertz CT molecular complexity index is 407. The van der Waals surface area contributed by atoms with Crippen molar-refractivity contribution in [3.05, 3.63) is 6.07 Å². The number of nitrogens with one attached hydrogen (secondary N) is 1. The minimum Gasteiger partial charge on any atom is -0.388 e. The molecular formula is C12H20N4OS. The minimum atomic E-state index is -0.600. The van der Waals surface area contributed by atoms with Crippen molar-refractivity contribution in [3.8, 4) is 0 Å². The molecule has 1 fully saturated rings. The monoisotopic (exact) mass is 268 g/mol. The molecule has 1 heterocycles.